The second-order valence-corrected chi connectivity index (χ2v) is 4.65. The van der Waals surface area contributed by atoms with Crippen molar-refractivity contribution in [2.45, 2.75) is 6.61 Å². The summed E-state index contributed by atoms with van der Waals surface area (Å²) in [6.07, 6.45) is 0. The van der Waals surface area contributed by atoms with E-state index in [1.54, 1.807) is 30.3 Å². The summed E-state index contributed by atoms with van der Waals surface area (Å²) in [5.41, 5.74) is -0.00482. The summed E-state index contributed by atoms with van der Waals surface area (Å²) < 4.78 is 20.6. The van der Waals surface area contributed by atoms with Crippen molar-refractivity contribution < 1.29 is 19.0 Å². The zero-order valence-corrected chi connectivity index (χ0v) is 11.9. The Labute approximate surface area is 130 Å². The number of para-hydroxylation sites is 2. The fraction of sp³-hybridized carbons (Fsp3) is 0.0625. The third kappa shape index (κ3) is 3.03. The van der Waals surface area contributed by atoms with E-state index in [0.29, 0.717) is 5.75 Å². The zero-order valence-electron chi connectivity index (χ0n) is 11.9. The number of rotatable bonds is 5. The number of aromatic carboxylic acids is 1. The maximum atomic E-state index is 14.0. The number of hydrogen-bond acceptors (Lipinski definition) is 4. The Bertz CT molecular complexity index is 834. The van der Waals surface area contributed by atoms with E-state index in [2.05, 4.69) is 10.3 Å². The highest BCUT2D eigenvalue weighted by Crippen LogP contribution is 2.19. The lowest BCUT2D eigenvalue weighted by atomic mass is 10.2. The fourth-order valence-corrected chi connectivity index (χ4v) is 2.08. The number of benzene rings is 2. The molecule has 0 aliphatic rings. The van der Waals surface area contributed by atoms with Gasteiger partial charge in [0.15, 0.2) is 5.69 Å². The molecule has 7 heteroatoms. The van der Waals surface area contributed by atoms with Gasteiger partial charge in [-0.3, -0.25) is 0 Å². The van der Waals surface area contributed by atoms with Gasteiger partial charge in [0.05, 0.1) is 0 Å². The van der Waals surface area contributed by atoms with Crippen molar-refractivity contribution in [1.29, 1.82) is 0 Å². The average Bonchev–Trinajstić information content (AvgIpc) is 2.98. The molecule has 2 aromatic carbocycles. The molecule has 0 atom stereocenters. The van der Waals surface area contributed by atoms with Crippen LogP contribution in [0.3, 0.4) is 0 Å². The molecule has 0 saturated heterocycles. The SMILES string of the molecule is O=C(O)c1nnn(-c2ccccc2F)c1COc1ccccc1. The molecule has 3 aromatic rings. The lowest BCUT2D eigenvalue weighted by molar-refractivity contribution is 0.0687. The number of ether oxygens (including phenoxy) is 1. The second kappa shape index (κ2) is 6.27. The van der Waals surface area contributed by atoms with Crippen LogP contribution in [0.4, 0.5) is 4.39 Å². The Balaban J connectivity index is 1.98. The molecule has 0 amide bonds. The van der Waals surface area contributed by atoms with Crippen LogP contribution < -0.4 is 4.74 Å². The molecule has 0 saturated carbocycles. The van der Waals surface area contributed by atoms with Crippen molar-refractivity contribution >= 4 is 5.97 Å². The highest BCUT2D eigenvalue weighted by atomic mass is 19.1. The maximum Gasteiger partial charge on any atom is 0.358 e. The predicted octanol–water partition coefficient (Wildman–Crippen LogP) is 2.68. The van der Waals surface area contributed by atoms with Gasteiger partial charge < -0.3 is 9.84 Å². The third-order valence-electron chi connectivity index (χ3n) is 3.17. The van der Waals surface area contributed by atoms with Gasteiger partial charge in [-0.1, -0.05) is 35.5 Å². The van der Waals surface area contributed by atoms with Crippen LogP contribution in [0.2, 0.25) is 0 Å². The second-order valence-electron chi connectivity index (χ2n) is 4.65. The molecule has 0 radical (unpaired) electrons. The van der Waals surface area contributed by atoms with Gasteiger partial charge in [0.2, 0.25) is 0 Å². The molecule has 6 nitrogen and oxygen atoms in total. The molecule has 0 fully saturated rings. The number of carboxylic acids is 1. The largest absolute Gasteiger partial charge is 0.487 e. The minimum atomic E-state index is -1.25. The standard InChI is InChI=1S/C16H12FN3O3/c17-12-8-4-5-9-13(12)20-14(15(16(21)22)18-19-20)10-23-11-6-2-1-3-7-11/h1-9H,10H2,(H,21,22). The van der Waals surface area contributed by atoms with E-state index >= 15 is 0 Å². The number of nitrogens with zero attached hydrogens (tertiary/aromatic N) is 3. The predicted molar refractivity (Wildman–Crippen MR) is 79.1 cm³/mol. The Morgan fingerprint density at radius 1 is 1.13 bits per heavy atom. The van der Waals surface area contributed by atoms with Crippen LogP contribution in [0, 0.1) is 5.82 Å². The van der Waals surface area contributed by atoms with Gasteiger partial charge in [0, 0.05) is 0 Å². The summed E-state index contributed by atoms with van der Waals surface area (Å²) in [6, 6.07) is 14.8. The monoisotopic (exact) mass is 313 g/mol. The van der Waals surface area contributed by atoms with E-state index < -0.39 is 11.8 Å². The first kappa shape index (κ1) is 14.7. The molecule has 0 aliphatic heterocycles. The molecule has 0 aliphatic carbocycles. The third-order valence-corrected chi connectivity index (χ3v) is 3.17. The summed E-state index contributed by atoms with van der Waals surface area (Å²) in [5, 5.41) is 16.6. The van der Waals surface area contributed by atoms with Crippen molar-refractivity contribution in [3.8, 4) is 11.4 Å². The summed E-state index contributed by atoms with van der Waals surface area (Å²) in [4.78, 5) is 11.3. The number of aromatic nitrogens is 3. The lowest BCUT2D eigenvalue weighted by Crippen LogP contribution is -2.11. The van der Waals surface area contributed by atoms with Gasteiger partial charge in [0.25, 0.3) is 0 Å². The van der Waals surface area contributed by atoms with Crippen molar-refractivity contribution in [1.82, 2.24) is 15.0 Å². The molecule has 0 spiro atoms. The van der Waals surface area contributed by atoms with Gasteiger partial charge in [-0.05, 0) is 24.3 Å². The highest BCUT2D eigenvalue weighted by Gasteiger charge is 2.21. The molecule has 0 unspecified atom stereocenters. The lowest BCUT2D eigenvalue weighted by Gasteiger charge is -2.09. The number of halogens is 1. The molecular formula is C16H12FN3O3. The smallest absolute Gasteiger partial charge is 0.358 e. The van der Waals surface area contributed by atoms with Gasteiger partial charge in [-0.25, -0.2) is 13.9 Å². The van der Waals surface area contributed by atoms with Crippen molar-refractivity contribution in [3.05, 3.63) is 71.8 Å². The molecule has 23 heavy (non-hydrogen) atoms. The Kier molecular flexibility index (Phi) is 4.01. The Hall–Kier alpha value is -3.22. The number of carboxylic acid groups (broad SMARTS) is 1. The van der Waals surface area contributed by atoms with Crippen molar-refractivity contribution in [3.63, 3.8) is 0 Å². The Morgan fingerprint density at radius 2 is 1.83 bits per heavy atom. The molecule has 0 bridgehead atoms. The molecule has 1 heterocycles. The van der Waals surface area contributed by atoms with Crippen LogP contribution in [-0.2, 0) is 6.61 Å². The Morgan fingerprint density at radius 3 is 2.52 bits per heavy atom. The van der Waals surface area contributed by atoms with Crippen LogP contribution in [0.25, 0.3) is 5.69 Å². The zero-order chi connectivity index (χ0) is 16.2. The molecule has 1 aromatic heterocycles. The van der Waals surface area contributed by atoms with Crippen LogP contribution in [0.1, 0.15) is 16.2 Å². The summed E-state index contributed by atoms with van der Waals surface area (Å²) in [5.74, 6) is -1.22. The van der Waals surface area contributed by atoms with Crippen LogP contribution in [-0.4, -0.2) is 26.1 Å². The van der Waals surface area contributed by atoms with Crippen molar-refractivity contribution in [2.75, 3.05) is 0 Å². The van der Waals surface area contributed by atoms with E-state index in [1.807, 2.05) is 6.07 Å². The molecule has 116 valence electrons. The molecule has 3 rings (SSSR count). The first-order valence-electron chi connectivity index (χ1n) is 6.77. The van der Waals surface area contributed by atoms with E-state index in [-0.39, 0.29) is 23.7 Å². The minimum Gasteiger partial charge on any atom is -0.487 e. The van der Waals surface area contributed by atoms with Crippen LogP contribution in [0.15, 0.2) is 54.6 Å². The average molecular weight is 313 g/mol. The maximum absolute atomic E-state index is 14.0. The van der Waals surface area contributed by atoms with Gasteiger partial charge in [0.1, 0.15) is 29.6 Å². The topological polar surface area (TPSA) is 77.2 Å². The van der Waals surface area contributed by atoms with Gasteiger partial charge >= 0.3 is 5.97 Å². The van der Waals surface area contributed by atoms with Gasteiger partial charge in [-0.15, -0.1) is 5.10 Å². The quantitative estimate of drug-likeness (QED) is 0.783. The fourth-order valence-electron chi connectivity index (χ4n) is 2.08. The minimum absolute atomic E-state index is 0.104. The van der Waals surface area contributed by atoms with Gasteiger partial charge in [-0.2, -0.15) is 0 Å². The summed E-state index contributed by atoms with van der Waals surface area (Å²) >= 11 is 0. The van der Waals surface area contributed by atoms with Crippen molar-refractivity contribution in [2.24, 2.45) is 0 Å². The summed E-state index contributed by atoms with van der Waals surface area (Å²) in [7, 11) is 0. The summed E-state index contributed by atoms with van der Waals surface area (Å²) in [6.45, 7) is -0.104. The van der Waals surface area contributed by atoms with E-state index in [0.717, 1.165) is 4.68 Å². The number of carbonyl (C=O) groups is 1. The van der Waals surface area contributed by atoms with Crippen LogP contribution >= 0.6 is 0 Å². The van der Waals surface area contributed by atoms with Crippen LogP contribution in [0.5, 0.6) is 5.75 Å². The normalized spacial score (nSPS) is 10.5. The van der Waals surface area contributed by atoms with E-state index in [9.17, 15) is 14.3 Å². The van der Waals surface area contributed by atoms with E-state index in [4.69, 9.17) is 4.74 Å². The molecular weight excluding hydrogens is 301 g/mol. The first-order valence-corrected chi connectivity index (χ1v) is 6.77. The first-order chi connectivity index (χ1) is 11.2. The highest BCUT2D eigenvalue weighted by molar-refractivity contribution is 5.86. The molecule has 1 N–H and O–H groups in total. The van der Waals surface area contributed by atoms with E-state index in [1.165, 1.54) is 18.2 Å². The number of hydrogen-bond donors (Lipinski definition) is 1.